The molecule has 0 fully saturated rings. The number of thiophene rings is 1. The average molecular weight is 465 g/mol. The summed E-state index contributed by atoms with van der Waals surface area (Å²) < 4.78 is 16.1. The molecule has 0 bridgehead atoms. The summed E-state index contributed by atoms with van der Waals surface area (Å²) in [6.45, 7) is 0.635. The zero-order valence-corrected chi connectivity index (χ0v) is 18.1. The number of amides is 2. The lowest BCUT2D eigenvalue weighted by molar-refractivity contribution is -0.120. The number of hydrogen-bond donors (Lipinski definition) is 2. The molecule has 10 heteroatoms. The first-order chi connectivity index (χ1) is 16.1. The highest BCUT2D eigenvalue weighted by Gasteiger charge is 2.15. The van der Waals surface area contributed by atoms with Gasteiger partial charge < -0.3 is 19.5 Å². The molecule has 2 aromatic carbocycles. The van der Waals surface area contributed by atoms with Crippen LogP contribution >= 0.6 is 11.3 Å². The fourth-order valence-corrected chi connectivity index (χ4v) is 3.44. The van der Waals surface area contributed by atoms with Crippen molar-refractivity contribution < 1.29 is 28.6 Å². The van der Waals surface area contributed by atoms with Gasteiger partial charge in [-0.15, -0.1) is 11.3 Å². The molecule has 0 saturated carbocycles. The van der Waals surface area contributed by atoms with Crippen LogP contribution < -0.4 is 25.0 Å². The number of carbonyl (C=O) groups excluding carboxylic acids is 3. The van der Waals surface area contributed by atoms with Crippen LogP contribution in [0.3, 0.4) is 0 Å². The number of hydrogen-bond acceptors (Lipinski definition) is 8. The highest BCUT2D eigenvalue weighted by atomic mass is 32.1. The largest absolute Gasteiger partial charge is 0.486 e. The van der Waals surface area contributed by atoms with Crippen LogP contribution in [-0.4, -0.2) is 43.8 Å². The maximum Gasteiger partial charge on any atom is 0.353 e. The summed E-state index contributed by atoms with van der Waals surface area (Å²) in [4.78, 5) is 36.7. The Bertz CT molecular complexity index is 1180. The maximum atomic E-state index is 12.3. The van der Waals surface area contributed by atoms with Gasteiger partial charge in [0.25, 0.3) is 11.8 Å². The minimum Gasteiger partial charge on any atom is -0.486 e. The molecule has 9 nitrogen and oxygen atoms in total. The molecule has 0 aliphatic carbocycles. The van der Waals surface area contributed by atoms with Crippen LogP contribution in [0, 0.1) is 0 Å². The van der Waals surface area contributed by atoms with E-state index in [-0.39, 0.29) is 6.54 Å². The van der Waals surface area contributed by atoms with Crippen LogP contribution in [0.25, 0.3) is 0 Å². The van der Waals surface area contributed by atoms with Crippen molar-refractivity contribution in [1.82, 2.24) is 10.7 Å². The molecule has 0 saturated heterocycles. The quantitative estimate of drug-likeness (QED) is 0.240. The molecule has 1 aromatic heterocycles. The van der Waals surface area contributed by atoms with E-state index in [1.165, 1.54) is 17.6 Å². The predicted molar refractivity (Wildman–Crippen MR) is 121 cm³/mol. The van der Waals surface area contributed by atoms with E-state index in [0.717, 1.165) is 0 Å². The number of esters is 1. The minimum absolute atomic E-state index is 0.248. The molecule has 0 spiro atoms. The molecule has 0 radical (unpaired) electrons. The molecule has 4 rings (SSSR count). The first-order valence-electron chi connectivity index (χ1n) is 9.94. The van der Waals surface area contributed by atoms with E-state index in [2.05, 4.69) is 15.8 Å². The Morgan fingerprint density at radius 1 is 1.03 bits per heavy atom. The van der Waals surface area contributed by atoms with Gasteiger partial charge in [0.2, 0.25) is 0 Å². The van der Waals surface area contributed by atoms with Gasteiger partial charge in [-0.2, -0.15) is 5.10 Å². The van der Waals surface area contributed by atoms with Gasteiger partial charge in [-0.05, 0) is 59.5 Å². The van der Waals surface area contributed by atoms with Crippen molar-refractivity contribution in [2.45, 2.75) is 0 Å². The molecule has 2 N–H and O–H groups in total. The summed E-state index contributed by atoms with van der Waals surface area (Å²) in [5.41, 5.74) is 3.38. The zero-order valence-electron chi connectivity index (χ0n) is 17.3. The molecule has 33 heavy (non-hydrogen) atoms. The number of benzene rings is 2. The molecule has 2 heterocycles. The van der Waals surface area contributed by atoms with Crippen molar-refractivity contribution in [2.75, 3.05) is 19.8 Å². The molecule has 3 aromatic rings. The van der Waals surface area contributed by atoms with Gasteiger partial charge in [0.05, 0.1) is 12.8 Å². The summed E-state index contributed by atoms with van der Waals surface area (Å²) in [5, 5.41) is 8.19. The molecule has 1 aliphatic heterocycles. The van der Waals surface area contributed by atoms with Crippen molar-refractivity contribution in [3.05, 3.63) is 76.0 Å². The standard InChI is InChI=1S/C23H19N3O6S/c27-21(14-24-22(28)16-5-8-18-19(12-16)31-10-9-30-18)26-25-13-15-3-6-17(7-4-15)32-23(29)20-2-1-11-33-20/h1-8,11-13H,9-10,14H2,(H,24,28)(H,26,27)/b25-13+. The van der Waals surface area contributed by atoms with E-state index >= 15 is 0 Å². The summed E-state index contributed by atoms with van der Waals surface area (Å²) >= 11 is 1.30. The zero-order chi connectivity index (χ0) is 23.0. The highest BCUT2D eigenvalue weighted by molar-refractivity contribution is 7.12. The Morgan fingerprint density at radius 3 is 2.58 bits per heavy atom. The van der Waals surface area contributed by atoms with E-state index in [0.29, 0.717) is 46.5 Å². The van der Waals surface area contributed by atoms with Crippen LogP contribution in [0.1, 0.15) is 25.6 Å². The topological polar surface area (TPSA) is 115 Å². The molecule has 0 unspecified atom stereocenters. The van der Waals surface area contributed by atoms with Gasteiger partial charge in [0.15, 0.2) is 11.5 Å². The summed E-state index contributed by atoms with van der Waals surface area (Å²) in [7, 11) is 0. The van der Waals surface area contributed by atoms with Gasteiger partial charge in [-0.3, -0.25) is 9.59 Å². The van der Waals surface area contributed by atoms with E-state index in [9.17, 15) is 14.4 Å². The lowest BCUT2D eigenvalue weighted by atomic mass is 10.2. The molecule has 1 aliphatic rings. The van der Waals surface area contributed by atoms with Crippen molar-refractivity contribution in [3.63, 3.8) is 0 Å². The van der Waals surface area contributed by atoms with Crippen molar-refractivity contribution >= 4 is 35.3 Å². The van der Waals surface area contributed by atoms with Crippen molar-refractivity contribution in [1.29, 1.82) is 0 Å². The summed E-state index contributed by atoms with van der Waals surface area (Å²) in [6.07, 6.45) is 1.44. The monoisotopic (exact) mass is 465 g/mol. The normalized spacial score (nSPS) is 12.2. The van der Waals surface area contributed by atoms with E-state index < -0.39 is 17.8 Å². The fraction of sp³-hybridized carbons (Fsp3) is 0.130. The first-order valence-corrected chi connectivity index (χ1v) is 10.8. The molecule has 2 amide bonds. The van der Waals surface area contributed by atoms with Crippen molar-refractivity contribution in [3.8, 4) is 17.2 Å². The van der Waals surface area contributed by atoms with E-state index in [1.54, 1.807) is 60.0 Å². The Kier molecular flexibility index (Phi) is 6.96. The van der Waals surface area contributed by atoms with E-state index in [1.807, 2.05) is 0 Å². The molecule has 168 valence electrons. The fourth-order valence-electron chi connectivity index (χ4n) is 2.84. The maximum absolute atomic E-state index is 12.3. The Labute approximate surface area is 193 Å². The number of ether oxygens (including phenoxy) is 3. The molecule has 0 atom stereocenters. The third kappa shape index (κ3) is 5.95. The number of nitrogens with zero attached hydrogens (tertiary/aromatic N) is 1. The van der Waals surface area contributed by atoms with Gasteiger partial charge in [0, 0.05) is 5.56 Å². The second-order valence-electron chi connectivity index (χ2n) is 6.77. The number of fused-ring (bicyclic) bond motifs is 1. The summed E-state index contributed by atoms with van der Waals surface area (Å²) in [6, 6.07) is 14.9. The van der Waals surface area contributed by atoms with Gasteiger partial charge in [-0.25, -0.2) is 10.2 Å². The predicted octanol–water partition coefficient (Wildman–Crippen LogP) is 2.62. The third-order valence-corrected chi connectivity index (χ3v) is 5.28. The van der Waals surface area contributed by atoms with Crippen LogP contribution in [0.2, 0.25) is 0 Å². The summed E-state index contributed by atoms with van der Waals surface area (Å²) in [5.74, 6) is 0.152. The lowest BCUT2D eigenvalue weighted by Crippen LogP contribution is -2.35. The second-order valence-corrected chi connectivity index (χ2v) is 7.72. The highest BCUT2D eigenvalue weighted by Crippen LogP contribution is 2.30. The Morgan fingerprint density at radius 2 is 1.82 bits per heavy atom. The van der Waals surface area contributed by atoms with Gasteiger partial charge in [-0.1, -0.05) is 6.07 Å². The SMILES string of the molecule is O=C(CNC(=O)c1ccc2c(c1)OCCO2)N/N=C/c1ccc(OC(=O)c2cccs2)cc1. The molecular formula is C23H19N3O6S. The number of hydrazone groups is 1. The smallest absolute Gasteiger partial charge is 0.353 e. The van der Waals surface area contributed by atoms with Crippen LogP contribution in [0.15, 0.2) is 65.1 Å². The average Bonchev–Trinajstić information content (AvgIpc) is 3.39. The number of rotatable bonds is 7. The van der Waals surface area contributed by atoms with Gasteiger partial charge in [0.1, 0.15) is 23.8 Å². The van der Waals surface area contributed by atoms with Crippen LogP contribution in [0.5, 0.6) is 17.2 Å². The Balaban J connectivity index is 1.22. The Hall–Kier alpha value is -4.18. The van der Waals surface area contributed by atoms with E-state index in [4.69, 9.17) is 14.2 Å². The first kappa shape index (κ1) is 22.0. The van der Waals surface area contributed by atoms with Gasteiger partial charge >= 0.3 is 5.97 Å². The van der Waals surface area contributed by atoms with Crippen molar-refractivity contribution in [2.24, 2.45) is 5.10 Å². The lowest BCUT2D eigenvalue weighted by Gasteiger charge is -2.18. The minimum atomic E-state index is -0.487. The van der Waals surface area contributed by atoms with Crippen LogP contribution in [-0.2, 0) is 4.79 Å². The van der Waals surface area contributed by atoms with Crippen LogP contribution in [0.4, 0.5) is 0 Å². The number of carbonyl (C=O) groups is 3. The second kappa shape index (κ2) is 10.4. The molecular weight excluding hydrogens is 446 g/mol. The third-order valence-electron chi connectivity index (χ3n) is 4.43. The number of nitrogens with one attached hydrogen (secondary N) is 2.